The molecule has 56 heavy (non-hydrogen) atoms. The molecule has 0 radical (unpaired) electrons. The van der Waals surface area contributed by atoms with Gasteiger partial charge >= 0.3 is 0 Å². The minimum atomic E-state index is -1.05. The van der Waals surface area contributed by atoms with Gasteiger partial charge in [0.2, 0.25) is 0 Å². The fourth-order valence-corrected chi connectivity index (χ4v) is 7.80. The van der Waals surface area contributed by atoms with Gasteiger partial charge in [0.05, 0.1) is 23.9 Å². The topological polar surface area (TPSA) is 151 Å². The summed E-state index contributed by atoms with van der Waals surface area (Å²) in [7, 11) is 0. The average molecular weight is 756 g/mol. The molecule has 10 heteroatoms. The van der Waals surface area contributed by atoms with E-state index >= 15 is 0 Å². The first-order valence-corrected chi connectivity index (χ1v) is 19.7. The van der Waals surface area contributed by atoms with Crippen LogP contribution in [0.2, 0.25) is 0 Å². The van der Waals surface area contributed by atoms with E-state index in [-0.39, 0.29) is 31.2 Å². The molecule has 0 fully saturated rings. The Hall–Kier alpha value is -5.04. The normalized spacial score (nSPS) is 22.2. The van der Waals surface area contributed by atoms with Crippen molar-refractivity contribution in [2.75, 3.05) is 13.1 Å². The first kappa shape index (κ1) is 39.2. The summed E-state index contributed by atoms with van der Waals surface area (Å²) in [4.78, 5) is 18.6. The van der Waals surface area contributed by atoms with Gasteiger partial charge in [0.1, 0.15) is 42.4 Å². The van der Waals surface area contributed by atoms with Gasteiger partial charge in [0.15, 0.2) is 11.5 Å². The second-order valence-corrected chi connectivity index (χ2v) is 15.1. The largest absolute Gasteiger partial charge is 0.437 e. The highest BCUT2D eigenvalue weighted by Gasteiger charge is 2.40. The maximum absolute atomic E-state index is 12.8. The number of aliphatic hydroxyl groups excluding tert-OH is 3. The van der Waals surface area contributed by atoms with Crippen LogP contribution in [0.5, 0.6) is 11.5 Å². The average Bonchev–Trinajstić information content (AvgIpc) is 3.79. The van der Waals surface area contributed by atoms with Crippen LogP contribution in [0.3, 0.4) is 0 Å². The fraction of sp³-hybridized carbons (Fsp3) is 0.391. The summed E-state index contributed by atoms with van der Waals surface area (Å²) in [5.74, 6) is 10.1. The summed E-state index contributed by atoms with van der Waals surface area (Å²) in [5.41, 5.74) is 14.4. The van der Waals surface area contributed by atoms with Gasteiger partial charge in [-0.25, -0.2) is 0 Å². The molecule has 3 aromatic rings. The van der Waals surface area contributed by atoms with Gasteiger partial charge in [-0.05, 0) is 71.2 Å². The molecule has 10 nitrogen and oxygen atoms in total. The van der Waals surface area contributed by atoms with Crippen molar-refractivity contribution in [3.8, 4) is 35.4 Å². The number of ketones is 1. The number of Topliss-reactive ketones (excluding diaryl/α,β-unsaturated/α-hetero) is 1. The van der Waals surface area contributed by atoms with Gasteiger partial charge < -0.3 is 30.5 Å². The number of ether oxygens (including phenoxy) is 2. The molecule has 4 heterocycles. The maximum atomic E-state index is 12.8. The molecular formula is C46H51N4O6+. The van der Waals surface area contributed by atoms with E-state index in [0.717, 1.165) is 63.4 Å². The second kappa shape index (κ2) is 18.3. The Morgan fingerprint density at radius 2 is 1.89 bits per heavy atom. The van der Waals surface area contributed by atoms with E-state index < -0.39 is 30.5 Å². The highest BCUT2D eigenvalue weighted by molar-refractivity contribution is 6.08. The Bertz CT molecular complexity index is 2120. The Morgan fingerprint density at radius 3 is 2.73 bits per heavy atom. The van der Waals surface area contributed by atoms with Crippen LogP contribution in [0.15, 0.2) is 95.3 Å². The van der Waals surface area contributed by atoms with Crippen LogP contribution in [-0.4, -0.2) is 58.3 Å². The van der Waals surface area contributed by atoms with Crippen LogP contribution in [0.1, 0.15) is 85.5 Å². The van der Waals surface area contributed by atoms with Crippen molar-refractivity contribution in [2.24, 2.45) is 16.6 Å². The molecule has 2 bridgehead atoms. The molecule has 0 spiro atoms. The number of rotatable bonds is 14. The van der Waals surface area contributed by atoms with Gasteiger partial charge in [0, 0.05) is 38.4 Å². The lowest BCUT2D eigenvalue weighted by atomic mass is 9.91. The summed E-state index contributed by atoms with van der Waals surface area (Å²) in [6, 6.07) is 21.8. The minimum absolute atomic E-state index is 0.00801. The summed E-state index contributed by atoms with van der Waals surface area (Å²) < 4.78 is 12.7. The van der Waals surface area contributed by atoms with Crippen molar-refractivity contribution < 1.29 is 34.5 Å². The number of nitrogens with one attached hydrogen (secondary N) is 2. The third-order valence-electron chi connectivity index (χ3n) is 10.8. The van der Waals surface area contributed by atoms with E-state index in [4.69, 9.17) is 20.2 Å². The van der Waals surface area contributed by atoms with Crippen LogP contribution in [0.4, 0.5) is 0 Å². The predicted octanol–water partition coefficient (Wildman–Crippen LogP) is 3.76. The van der Waals surface area contributed by atoms with Gasteiger partial charge in [0.25, 0.3) is 6.23 Å². The number of quaternary nitrogens is 1. The smallest absolute Gasteiger partial charge is 0.251 e. The van der Waals surface area contributed by atoms with E-state index in [1.165, 1.54) is 5.56 Å². The van der Waals surface area contributed by atoms with E-state index in [1.54, 1.807) is 6.07 Å². The number of nitrogens with two attached hydrogens (primary N) is 1. The molecule has 1 unspecified atom stereocenters. The van der Waals surface area contributed by atoms with Gasteiger partial charge in [-0.3, -0.25) is 20.0 Å². The number of allylic oxidation sites excluding steroid dienone is 1. The van der Waals surface area contributed by atoms with E-state index in [9.17, 15) is 20.1 Å². The van der Waals surface area contributed by atoms with Crippen molar-refractivity contribution >= 4 is 11.5 Å². The third-order valence-corrected chi connectivity index (χ3v) is 10.8. The quantitative estimate of drug-likeness (QED) is 0.108. The number of aliphatic hydroxyl groups is 3. The van der Waals surface area contributed by atoms with Crippen molar-refractivity contribution in [1.29, 1.82) is 0 Å². The number of nitrogens with zero attached hydrogens (tertiary/aromatic N) is 1. The van der Waals surface area contributed by atoms with Gasteiger partial charge in [-0.2, -0.15) is 0 Å². The first-order chi connectivity index (χ1) is 27.2. The fourth-order valence-electron chi connectivity index (χ4n) is 7.80. The molecule has 3 aromatic carbocycles. The molecule has 4 aliphatic heterocycles. The zero-order valence-electron chi connectivity index (χ0n) is 31.8. The molecule has 7 N–H and O–H groups in total. The molecule has 0 saturated carbocycles. The summed E-state index contributed by atoms with van der Waals surface area (Å²) in [6.07, 6.45) is 7.59. The zero-order chi connectivity index (χ0) is 39.0. The SMILES string of the molecule is CCC[C@H](O)C[C@@H](O)CC(=O)CCc1ccc2c(c1)O[C@H]1[C@H](C#C[C@@H](O)c3ccc([C@H](N)NCCc4ccccc4)cc3CC3=CN=C4C[NH+]1C=C34)CC#CO2. The van der Waals surface area contributed by atoms with Crippen LogP contribution < -0.4 is 25.4 Å². The number of carbonyl (C=O) groups excluding carboxylic acids is 1. The molecular weight excluding hydrogens is 705 g/mol. The Labute approximate surface area is 329 Å². The third kappa shape index (κ3) is 9.66. The zero-order valence-corrected chi connectivity index (χ0v) is 31.8. The number of benzene rings is 3. The Morgan fingerprint density at radius 1 is 1.04 bits per heavy atom. The van der Waals surface area contributed by atoms with Crippen molar-refractivity contribution in [2.45, 2.75) is 95.4 Å². The number of hydrogen-bond donors (Lipinski definition) is 6. The van der Waals surface area contributed by atoms with Crippen LogP contribution in [-0.2, 0) is 24.1 Å². The highest BCUT2D eigenvalue weighted by atomic mass is 16.5. The van der Waals surface area contributed by atoms with Crippen molar-refractivity contribution in [1.82, 2.24) is 5.32 Å². The standard InChI is InChI=1S/C46H50N4O6/c1-2-7-36(51)25-38(53)26-37(52)15-11-31-12-18-43-44(22-31)56-46-32(10-6-21-55-43)14-17-42(54)39-16-13-33(45(47)48-20-19-30-8-4-3-5-9-30)23-34(39)24-35-27-49-41-29-50(46)28-40(35)41/h3-5,8-9,12-13,16,18,22-23,27-28,32,36,38,42,45-46,48,51,53-54H,2,7,10-11,15,19-20,24-26,29,47H2,1H3/p+1/t32-,36-,38+,42+,45+,46-/m0/s1. The lowest BCUT2D eigenvalue weighted by molar-refractivity contribution is -0.886. The molecule has 7 rings (SSSR count). The molecule has 7 atom stereocenters. The molecule has 4 aliphatic rings. The molecule has 290 valence electrons. The van der Waals surface area contributed by atoms with E-state index in [0.29, 0.717) is 43.7 Å². The van der Waals surface area contributed by atoms with Crippen LogP contribution >= 0.6 is 0 Å². The predicted molar refractivity (Wildman–Crippen MR) is 214 cm³/mol. The van der Waals surface area contributed by atoms with E-state index in [2.05, 4.69) is 53.6 Å². The number of carbonyl (C=O) groups is 1. The lowest BCUT2D eigenvalue weighted by Crippen LogP contribution is -3.13. The number of aliphatic imine (C=N–C) groups is 1. The highest BCUT2D eigenvalue weighted by Crippen LogP contribution is 2.33. The summed E-state index contributed by atoms with van der Waals surface area (Å²) >= 11 is 0. The number of hydrogen-bond acceptors (Lipinski definition) is 9. The van der Waals surface area contributed by atoms with E-state index in [1.807, 2.05) is 55.6 Å². The Kier molecular flexibility index (Phi) is 12.8. The monoisotopic (exact) mass is 755 g/mol. The van der Waals surface area contributed by atoms with Crippen molar-refractivity contribution in [3.05, 3.63) is 118 Å². The van der Waals surface area contributed by atoms with Gasteiger partial charge in [-0.15, -0.1) is 0 Å². The van der Waals surface area contributed by atoms with Crippen LogP contribution in [0.25, 0.3) is 0 Å². The number of fused-ring (bicyclic) bond motifs is 5. The minimum Gasteiger partial charge on any atom is -0.437 e. The number of aryl methyl sites for hydroxylation is 1. The summed E-state index contributed by atoms with van der Waals surface area (Å²) in [5, 5.41) is 35.4. The second-order valence-electron chi connectivity index (χ2n) is 15.1. The lowest BCUT2D eigenvalue weighted by Gasteiger charge is -2.27. The molecule has 0 aliphatic carbocycles. The maximum Gasteiger partial charge on any atom is 0.251 e. The van der Waals surface area contributed by atoms with Crippen LogP contribution in [0, 0.1) is 29.8 Å². The summed E-state index contributed by atoms with van der Waals surface area (Å²) in [6.45, 7) is 3.30. The molecule has 0 aromatic heterocycles. The first-order valence-electron chi connectivity index (χ1n) is 19.7. The van der Waals surface area contributed by atoms with Gasteiger partial charge in [-0.1, -0.05) is 85.7 Å². The molecule has 0 amide bonds. The van der Waals surface area contributed by atoms with Crippen molar-refractivity contribution in [3.63, 3.8) is 0 Å². The molecule has 0 saturated heterocycles. The Balaban J connectivity index is 1.10.